The van der Waals surface area contributed by atoms with Gasteiger partial charge in [0, 0.05) is 26.2 Å². The summed E-state index contributed by atoms with van der Waals surface area (Å²) in [5.74, 6) is 5.19. The molecule has 1 amide bonds. The maximum absolute atomic E-state index is 12.0. The molecule has 2 rings (SSSR count). The van der Waals surface area contributed by atoms with Crippen molar-refractivity contribution in [2.24, 2.45) is 11.3 Å². The highest BCUT2D eigenvalue weighted by Gasteiger charge is 2.42. The number of hydrogen-bond donors (Lipinski definition) is 1. The molecule has 1 saturated heterocycles. The monoisotopic (exact) mass is 299 g/mol. The van der Waals surface area contributed by atoms with Crippen LogP contribution in [-0.2, 0) is 9.57 Å². The second kappa shape index (κ2) is 6.50. The first-order chi connectivity index (χ1) is 9.84. The van der Waals surface area contributed by atoms with Crippen molar-refractivity contribution in [2.45, 2.75) is 45.6 Å². The topological polar surface area (TPSA) is 68.0 Å². The number of carbonyl (C=O) groups excluding carboxylic acids is 1. The van der Waals surface area contributed by atoms with Crippen LogP contribution in [0, 0.1) is 5.41 Å². The van der Waals surface area contributed by atoms with Crippen molar-refractivity contribution in [2.75, 3.05) is 39.3 Å². The summed E-state index contributed by atoms with van der Waals surface area (Å²) in [4.78, 5) is 21.0. The van der Waals surface area contributed by atoms with E-state index in [1.165, 1.54) is 12.8 Å². The van der Waals surface area contributed by atoms with Crippen molar-refractivity contribution >= 4 is 6.09 Å². The Balaban J connectivity index is 1.67. The molecule has 1 aliphatic heterocycles. The van der Waals surface area contributed by atoms with E-state index in [-0.39, 0.29) is 6.09 Å². The van der Waals surface area contributed by atoms with E-state index >= 15 is 0 Å². The average Bonchev–Trinajstić information content (AvgIpc) is 3.16. The number of amides is 1. The minimum atomic E-state index is -0.422. The lowest BCUT2D eigenvalue weighted by atomic mass is 10.0. The molecule has 6 nitrogen and oxygen atoms in total. The molecule has 0 aromatic carbocycles. The van der Waals surface area contributed by atoms with Crippen LogP contribution in [0.4, 0.5) is 4.79 Å². The van der Waals surface area contributed by atoms with Crippen LogP contribution in [0.1, 0.15) is 40.0 Å². The summed E-state index contributed by atoms with van der Waals surface area (Å²) >= 11 is 0. The highest BCUT2D eigenvalue weighted by atomic mass is 16.6. The Bertz CT molecular complexity index is 356. The molecule has 2 aliphatic rings. The van der Waals surface area contributed by atoms with E-state index in [9.17, 15) is 4.79 Å². The number of nitrogens with two attached hydrogens (primary N) is 1. The van der Waals surface area contributed by atoms with E-state index in [1.54, 1.807) is 4.90 Å². The Morgan fingerprint density at radius 3 is 2.29 bits per heavy atom. The van der Waals surface area contributed by atoms with Gasteiger partial charge in [0.2, 0.25) is 0 Å². The van der Waals surface area contributed by atoms with Crippen LogP contribution in [0.5, 0.6) is 0 Å². The second-order valence-corrected chi connectivity index (χ2v) is 7.37. The molecule has 2 fully saturated rings. The minimum Gasteiger partial charge on any atom is -0.444 e. The van der Waals surface area contributed by atoms with E-state index in [0.29, 0.717) is 12.0 Å². The first kappa shape index (κ1) is 16.5. The largest absolute Gasteiger partial charge is 0.444 e. The molecule has 0 bridgehead atoms. The van der Waals surface area contributed by atoms with Gasteiger partial charge in [-0.3, -0.25) is 4.90 Å². The number of ether oxygens (including phenoxy) is 1. The normalized spacial score (nSPS) is 22.2. The van der Waals surface area contributed by atoms with Gasteiger partial charge in [-0.05, 0) is 52.0 Å². The van der Waals surface area contributed by atoms with Gasteiger partial charge in [0.1, 0.15) is 5.60 Å². The molecule has 0 aromatic rings. The van der Waals surface area contributed by atoms with Gasteiger partial charge in [-0.15, -0.1) is 0 Å². The van der Waals surface area contributed by atoms with Crippen molar-refractivity contribution in [1.82, 2.24) is 9.80 Å². The molecular formula is C15H29N3O3. The standard InChI is InChI=1S/C15H29N3O3/c1-14(2,3)21-13(19)18-10-8-17(9-11-18)7-6-15(4-5-15)12-20-16/h4-12,16H2,1-3H3. The molecule has 21 heavy (non-hydrogen) atoms. The van der Waals surface area contributed by atoms with Crippen molar-refractivity contribution in [3.8, 4) is 0 Å². The number of carbonyl (C=O) groups is 1. The van der Waals surface area contributed by atoms with Gasteiger partial charge >= 0.3 is 6.09 Å². The fraction of sp³-hybridized carbons (Fsp3) is 0.933. The van der Waals surface area contributed by atoms with E-state index in [1.807, 2.05) is 20.8 Å². The number of piperazine rings is 1. The highest BCUT2D eigenvalue weighted by molar-refractivity contribution is 5.68. The number of nitrogens with zero attached hydrogens (tertiary/aromatic N) is 2. The zero-order valence-corrected chi connectivity index (χ0v) is 13.6. The van der Waals surface area contributed by atoms with Crippen LogP contribution in [0.25, 0.3) is 0 Å². The molecule has 122 valence electrons. The summed E-state index contributed by atoms with van der Waals surface area (Å²) in [6.45, 7) is 10.7. The van der Waals surface area contributed by atoms with Gasteiger partial charge in [0.05, 0.1) is 6.61 Å². The summed E-state index contributed by atoms with van der Waals surface area (Å²) < 4.78 is 5.41. The van der Waals surface area contributed by atoms with Gasteiger partial charge < -0.3 is 14.5 Å². The van der Waals surface area contributed by atoms with E-state index in [0.717, 1.165) is 39.1 Å². The molecule has 2 N–H and O–H groups in total. The molecule has 1 heterocycles. The lowest BCUT2D eigenvalue weighted by Crippen LogP contribution is -2.50. The summed E-state index contributed by atoms with van der Waals surface area (Å²) in [6.07, 6.45) is 3.39. The summed E-state index contributed by atoms with van der Waals surface area (Å²) in [7, 11) is 0. The third kappa shape index (κ3) is 5.13. The van der Waals surface area contributed by atoms with Gasteiger partial charge in [0.25, 0.3) is 0 Å². The average molecular weight is 299 g/mol. The Labute approximate surface area is 127 Å². The van der Waals surface area contributed by atoms with Crippen LogP contribution in [-0.4, -0.2) is 60.8 Å². The first-order valence-electron chi connectivity index (χ1n) is 7.86. The summed E-state index contributed by atoms with van der Waals surface area (Å²) in [6, 6.07) is 0. The Morgan fingerprint density at radius 2 is 1.81 bits per heavy atom. The molecular weight excluding hydrogens is 270 g/mol. The molecule has 6 heteroatoms. The van der Waals surface area contributed by atoms with Gasteiger partial charge in [-0.25, -0.2) is 10.7 Å². The molecule has 0 aromatic heterocycles. The van der Waals surface area contributed by atoms with E-state index in [2.05, 4.69) is 4.90 Å². The predicted octanol–water partition coefficient (Wildman–Crippen LogP) is 1.60. The molecule has 1 saturated carbocycles. The van der Waals surface area contributed by atoms with Gasteiger partial charge in [0.15, 0.2) is 0 Å². The minimum absolute atomic E-state index is 0.197. The maximum Gasteiger partial charge on any atom is 0.410 e. The third-order valence-electron chi connectivity index (χ3n) is 4.33. The van der Waals surface area contributed by atoms with Crippen molar-refractivity contribution in [1.29, 1.82) is 0 Å². The highest BCUT2D eigenvalue weighted by Crippen LogP contribution is 2.48. The van der Waals surface area contributed by atoms with Gasteiger partial charge in [-0.2, -0.15) is 0 Å². The lowest BCUT2D eigenvalue weighted by molar-refractivity contribution is 0.0132. The van der Waals surface area contributed by atoms with Crippen molar-refractivity contribution in [3.63, 3.8) is 0 Å². The van der Waals surface area contributed by atoms with E-state index in [4.69, 9.17) is 15.5 Å². The smallest absolute Gasteiger partial charge is 0.410 e. The quantitative estimate of drug-likeness (QED) is 0.781. The lowest BCUT2D eigenvalue weighted by Gasteiger charge is -2.36. The first-order valence-corrected chi connectivity index (χ1v) is 7.86. The number of hydrogen-bond acceptors (Lipinski definition) is 5. The maximum atomic E-state index is 12.0. The van der Waals surface area contributed by atoms with Crippen LogP contribution in [0.15, 0.2) is 0 Å². The summed E-state index contributed by atoms with van der Waals surface area (Å²) in [5, 5.41) is 0. The molecule has 0 radical (unpaired) electrons. The fourth-order valence-corrected chi connectivity index (χ4v) is 2.70. The molecule has 0 unspecified atom stereocenters. The third-order valence-corrected chi connectivity index (χ3v) is 4.33. The Kier molecular flexibility index (Phi) is 5.11. The zero-order valence-electron chi connectivity index (χ0n) is 13.6. The molecule has 1 aliphatic carbocycles. The van der Waals surface area contributed by atoms with Gasteiger partial charge in [-0.1, -0.05) is 0 Å². The molecule has 0 spiro atoms. The van der Waals surface area contributed by atoms with Crippen LogP contribution in [0.3, 0.4) is 0 Å². The molecule has 0 atom stereocenters. The van der Waals surface area contributed by atoms with Crippen molar-refractivity contribution in [3.05, 3.63) is 0 Å². The second-order valence-electron chi connectivity index (χ2n) is 7.37. The van der Waals surface area contributed by atoms with Crippen LogP contribution < -0.4 is 5.90 Å². The van der Waals surface area contributed by atoms with E-state index < -0.39 is 5.60 Å². The Morgan fingerprint density at radius 1 is 1.19 bits per heavy atom. The van der Waals surface area contributed by atoms with Crippen LogP contribution in [0.2, 0.25) is 0 Å². The summed E-state index contributed by atoms with van der Waals surface area (Å²) in [5.41, 5.74) is -0.0914. The number of rotatable bonds is 5. The fourth-order valence-electron chi connectivity index (χ4n) is 2.70. The zero-order chi connectivity index (χ0) is 15.5. The predicted molar refractivity (Wildman–Crippen MR) is 80.7 cm³/mol. The van der Waals surface area contributed by atoms with Crippen molar-refractivity contribution < 1.29 is 14.4 Å². The Hall–Kier alpha value is -0.850. The van der Waals surface area contributed by atoms with Crippen LogP contribution >= 0.6 is 0 Å². The SMILES string of the molecule is CC(C)(C)OC(=O)N1CCN(CCC2(CON)CC2)CC1.